The van der Waals surface area contributed by atoms with E-state index in [4.69, 9.17) is 0 Å². The average molecular weight is 445 g/mol. The fourth-order valence-electron chi connectivity index (χ4n) is 3.07. The minimum atomic E-state index is -1.51. The molecule has 8 heteroatoms. The highest BCUT2D eigenvalue weighted by Crippen LogP contribution is 2.37. The van der Waals surface area contributed by atoms with Gasteiger partial charge in [-0.05, 0) is 43.7 Å². The van der Waals surface area contributed by atoms with Crippen LogP contribution in [0, 0.1) is 29.2 Å². The molecule has 0 spiro atoms. The number of pyridine rings is 1. The first-order chi connectivity index (χ1) is 15.1. The van der Waals surface area contributed by atoms with Gasteiger partial charge in [-0.3, -0.25) is 4.79 Å². The number of benzene rings is 2. The standard InChI is InChI=1S/C24H23F4N3O/c1-12(2)24(32)31-16-8-5-14(6-9-16)18-20(25)22(27)19(23(28)21(18)26)15-7-10-17(29-11-15)30-13(3)4/h5-13H,1-4H3,(H,29,30)(H,31,32). The highest BCUT2D eigenvalue weighted by molar-refractivity contribution is 5.92. The van der Waals surface area contributed by atoms with Gasteiger partial charge in [0.15, 0.2) is 23.3 Å². The predicted molar refractivity (Wildman–Crippen MR) is 117 cm³/mol. The second-order valence-electron chi connectivity index (χ2n) is 7.96. The Hall–Kier alpha value is -3.42. The number of hydrogen-bond donors (Lipinski definition) is 2. The van der Waals surface area contributed by atoms with Gasteiger partial charge in [0.1, 0.15) is 5.82 Å². The molecule has 168 valence electrons. The first-order valence-corrected chi connectivity index (χ1v) is 10.1. The summed E-state index contributed by atoms with van der Waals surface area (Å²) in [7, 11) is 0. The van der Waals surface area contributed by atoms with E-state index in [1.54, 1.807) is 13.8 Å². The minimum absolute atomic E-state index is 0.0681. The quantitative estimate of drug-likeness (QED) is 0.342. The smallest absolute Gasteiger partial charge is 0.226 e. The molecule has 0 aliphatic heterocycles. The Morgan fingerprint density at radius 1 is 0.781 bits per heavy atom. The molecule has 2 N–H and O–H groups in total. The molecule has 3 aromatic rings. The minimum Gasteiger partial charge on any atom is -0.368 e. The molecule has 0 aliphatic carbocycles. The topological polar surface area (TPSA) is 54.0 Å². The van der Waals surface area contributed by atoms with Crippen LogP contribution in [0.2, 0.25) is 0 Å². The molecule has 0 unspecified atom stereocenters. The van der Waals surface area contributed by atoms with Crippen LogP contribution in [0.25, 0.3) is 22.3 Å². The molecule has 1 aromatic heterocycles. The van der Waals surface area contributed by atoms with Crippen molar-refractivity contribution in [2.24, 2.45) is 5.92 Å². The summed E-state index contributed by atoms with van der Waals surface area (Å²) in [5, 5.41) is 5.65. The van der Waals surface area contributed by atoms with E-state index in [-0.39, 0.29) is 29.0 Å². The zero-order valence-corrected chi connectivity index (χ0v) is 18.1. The van der Waals surface area contributed by atoms with Crippen molar-refractivity contribution < 1.29 is 22.4 Å². The number of anilines is 2. The van der Waals surface area contributed by atoms with Gasteiger partial charge in [0.05, 0.1) is 11.1 Å². The Labute approximate surface area is 183 Å². The molecular formula is C24H23F4N3O. The van der Waals surface area contributed by atoms with Crippen molar-refractivity contribution in [2.45, 2.75) is 33.7 Å². The van der Waals surface area contributed by atoms with Crippen LogP contribution in [-0.2, 0) is 4.79 Å². The van der Waals surface area contributed by atoms with E-state index in [9.17, 15) is 22.4 Å². The molecular weight excluding hydrogens is 422 g/mol. The van der Waals surface area contributed by atoms with Gasteiger partial charge in [0.25, 0.3) is 0 Å². The molecule has 2 aromatic carbocycles. The number of carbonyl (C=O) groups is 1. The van der Waals surface area contributed by atoms with Crippen molar-refractivity contribution in [2.75, 3.05) is 10.6 Å². The number of amides is 1. The van der Waals surface area contributed by atoms with E-state index < -0.39 is 34.4 Å². The summed E-state index contributed by atoms with van der Waals surface area (Å²) in [5.74, 6) is -6.08. The fraction of sp³-hybridized carbons (Fsp3) is 0.250. The molecule has 0 saturated carbocycles. The Balaban J connectivity index is 1.99. The average Bonchev–Trinajstić information content (AvgIpc) is 2.74. The molecule has 1 heterocycles. The molecule has 0 aliphatic rings. The molecule has 0 atom stereocenters. The summed E-state index contributed by atoms with van der Waals surface area (Å²) in [4.78, 5) is 15.8. The van der Waals surface area contributed by atoms with Gasteiger partial charge in [-0.25, -0.2) is 22.5 Å². The van der Waals surface area contributed by atoms with Crippen LogP contribution in [0.3, 0.4) is 0 Å². The normalized spacial score (nSPS) is 11.2. The molecule has 3 rings (SSSR count). The monoisotopic (exact) mass is 445 g/mol. The van der Waals surface area contributed by atoms with E-state index in [2.05, 4.69) is 15.6 Å². The van der Waals surface area contributed by atoms with Crippen molar-refractivity contribution in [3.05, 3.63) is 65.9 Å². The van der Waals surface area contributed by atoms with Gasteiger partial charge in [0.2, 0.25) is 5.91 Å². The molecule has 0 radical (unpaired) electrons. The molecule has 1 amide bonds. The second kappa shape index (κ2) is 9.38. The summed E-state index contributed by atoms with van der Waals surface area (Å²) in [5.41, 5.74) is -1.41. The number of rotatable bonds is 6. The largest absolute Gasteiger partial charge is 0.368 e. The van der Waals surface area contributed by atoms with Gasteiger partial charge >= 0.3 is 0 Å². The first kappa shape index (κ1) is 23.2. The van der Waals surface area contributed by atoms with Gasteiger partial charge in [-0.2, -0.15) is 0 Å². The fourth-order valence-corrected chi connectivity index (χ4v) is 3.07. The molecule has 0 bridgehead atoms. The van der Waals surface area contributed by atoms with Gasteiger partial charge < -0.3 is 10.6 Å². The number of nitrogens with one attached hydrogen (secondary N) is 2. The van der Waals surface area contributed by atoms with E-state index in [1.807, 2.05) is 13.8 Å². The van der Waals surface area contributed by atoms with Crippen LogP contribution in [0.5, 0.6) is 0 Å². The van der Waals surface area contributed by atoms with Crippen LogP contribution in [-0.4, -0.2) is 16.9 Å². The van der Waals surface area contributed by atoms with Crippen LogP contribution in [0.1, 0.15) is 27.7 Å². The first-order valence-electron chi connectivity index (χ1n) is 10.1. The highest BCUT2D eigenvalue weighted by atomic mass is 19.2. The number of aromatic nitrogens is 1. The van der Waals surface area contributed by atoms with Crippen molar-refractivity contribution in [3.63, 3.8) is 0 Å². The molecule has 0 fully saturated rings. The lowest BCUT2D eigenvalue weighted by atomic mass is 9.97. The predicted octanol–water partition coefficient (Wildman–Crippen LogP) is 6.39. The van der Waals surface area contributed by atoms with Crippen LogP contribution >= 0.6 is 0 Å². The van der Waals surface area contributed by atoms with E-state index in [1.165, 1.54) is 36.4 Å². The van der Waals surface area contributed by atoms with Crippen LogP contribution in [0.4, 0.5) is 29.1 Å². The number of hydrogen-bond acceptors (Lipinski definition) is 3. The Kier molecular flexibility index (Phi) is 6.81. The van der Waals surface area contributed by atoms with Crippen molar-refractivity contribution in [1.82, 2.24) is 4.98 Å². The maximum Gasteiger partial charge on any atom is 0.226 e. The SMILES string of the molecule is CC(C)Nc1ccc(-c2c(F)c(F)c(-c3ccc(NC(=O)C(C)C)cc3)c(F)c2F)cn1. The summed E-state index contributed by atoms with van der Waals surface area (Å²) < 4.78 is 59.4. The third-order valence-electron chi connectivity index (χ3n) is 4.72. The lowest BCUT2D eigenvalue weighted by molar-refractivity contribution is -0.118. The second-order valence-corrected chi connectivity index (χ2v) is 7.96. The summed E-state index contributed by atoms with van der Waals surface area (Å²) >= 11 is 0. The Morgan fingerprint density at radius 2 is 1.28 bits per heavy atom. The Bertz CT molecular complexity index is 1100. The van der Waals surface area contributed by atoms with Gasteiger partial charge in [-0.1, -0.05) is 26.0 Å². The van der Waals surface area contributed by atoms with Gasteiger partial charge in [-0.15, -0.1) is 0 Å². The number of nitrogens with zero attached hydrogens (tertiary/aromatic N) is 1. The Morgan fingerprint density at radius 3 is 1.72 bits per heavy atom. The molecule has 0 saturated heterocycles. The third-order valence-corrected chi connectivity index (χ3v) is 4.72. The van der Waals surface area contributed by atoms with Crippen molar-refractivity contribution in [1.29, 1.82) is 0 Å². The summed E-state index contributed by atoms with van der Waals surface area (Å²) in [6, 6.07) is 8.27. The van der Waals surface area contributed by atoms with E-state index >= 15 is 0 Å². The summed E-state index contributed by atoms with van der Waals surface area (Å²) in [6.07, 6.45) is 1.15. The summed E-state index contributed by atoms with van der Waals surface area (Å²) in [6.45, 7) is 7.21. The van der Waals surface area contributed by atoms with E-state index in [0.29, 0.717) is 11.5 Å². The van der Waals surface area contributed by atoms with Crippen LogP contribution < -0.4 is 10.6 Å². The zero-order valence-electron chi connectivity index (χ0n) is 18.1. The van der Waals surface area contributed by atoms with Crippen molar-refractivity contribution >= 4 is 17.4 Å². The van der Waals surface area contributed by atoms with Crippen LogP contribution in [0.15, 0.2) is 42.6 Å². The lowest BCUT2D eigenvalue weighted by Crippen LogP contribution is -2.17. The lowest BCUT2D eigenvalue weighted by Gasteiger charge is -2.14. The third kappa shape index (κ3) is 4.74. The number of carbonyl (C=O) groups excluding carboxylic acids is 1. The molecule has 32 heavy (non-hydrogen) atoms. The highest BCUT2D eigenvalue weighted by Gasteiger charge is 2.27. The molecule has 4 nitrogen and oxygen atoms in total. The van der Waals surface area contributed by atoms with E-state index in [0.717, 1.165) is 6.20 Å². The zero-order chi connectivity index (χ0) is 23.6. The maximum atomic E-state index is 14.9. The van der Waals surface area contributed by atoms with Crippen molar-refractivity contribution in [3.8, 4) is 22.3 Å². The number of halogens is 4. The van der Waals surface area contributed by atoms with Gasteiger partial charge in [0, 0.05) is 29.4 Å². The maximum absolute atomic E-state index is 14.9.